The number of carbonyl (C=O) groups excluding carboxylic acids is 1. The standard InChI is InChI=1S/C22H23N5O2S2/c1-22(2,3)17-13-20(29-26-17)23-19(28)14-31-21-25-24-18(12-16-10-7-11-30-16)27(21)15-8-5-4-6-9-15/h4-11,13H,12,14H2,1-3H3,(H,23,28). The Bertz CT molecular complexity index is 1140. The molecule has 0 bridgehead atoms. The summed E-state index contributed by atoms with van der Waals surface area (Å²) >= 11 is 3.02. The fourth-order valence-electron chi connectivity index (χ4n) is 2.90. The number of rotatable bonds is 7. The topological polar surface area (TPSA) is 85.8 Å². The van der Waals surface area contributed by atoms with Crippen LogP contribution in [0.1, 0.15) is 37.2 Å². The molecule has 31 heavy (non-hydrogen) atoms. The molecule has 0 radical (unpaired) electrons. The van der Waals surface area contributed by atoms with E-state index < -0.39 is 0 Å². The third-order valence-corrected chi connectivity index (χ3v) is 6.31. The van der Waals surface area contributed by atoms with E-state index in [2.05, 4.69) is 26.7 Å². The van der Waals surface area contributed by atoms with E-state index in [1.165, 1.54) is 16.6 Å². The largest absolute Gasteiger partial charge is 0.338 e. The summed E-state index contributed by atoms with van der Waals surface area (Å²) in [4.78, 5) is 13.7. The van der Waals surface area contributed by atoms with Gasteiger partial charge in [-0.3, -0.25) is 14.7 Å². The van der Waals surface area contributed by atoms with Crippen molar-refractivity contribution in [3.05, 3.63) is 70.3 Å². The van der Waals surface area contributed by atoms with E-state index in [0.29, 0.717) is 17.5 Å². The van der Waals surface area contributed by atoms with Crippen molar-refractivity contribution in [2.45, 2.75) is 37.8 Å². The lowest BCUT2D eigenvalue weighted by atomic mass is 9.92. The molecular formula is C22H23N5O2S2. The number of nitrogens with zero attached hydrogens (tertiary/aromatic N) is 4. The Morgan fingerprint density at radius 3 is 2.65 bits per heavy atom. The zero-order valence-electron chi connectivity index (χ0n) is 17.5. The molecule has 0 spiro atoms. The number of benzene rings is 1. The Balaban J connectivity index is 1.48. The summed E-state index contributed by atoms with van der Waals surface area (Å²) in [6, 6.07) is 15.8. The number of anilines is 1. The Morgan fingerprint density at radius 1 is 1.16 bits per heavy atom. The molecule has 0 aliphatic heterocycles. The summed E-state index contributed by atoms with van der Waals surface area (Å²) < 4.78 is 7.25. The van der Waals surface area contributed by atoms with Crippen LogP contribution in [0.2, 0.25) is 0 Å². The third kappa shape index (κ3) is 5.23. The first-order chi connectivity index (χ1) is 14.9. The molecule has 4 aromatic rings. The van der Waals surface area contributed by atoms with Gasteiger partial charge in [-0.1, -0.05) is 62.0 Å². The third-order valence-electron chi connectivity index (χ3n) is 4.50. The van der Waals surface area contributed by atoms with Crippen LogP contribution in [-0.4, -0.2) is 31.6 Å². The molecule has 1 aromatic carbocycles. The predicted octanol–water partition coefficient (Wildman–Crippen LogP) is 4.94. The fourth-order valence-corrected chi connectivity index (χ4v) is 4.38. The summed E-state index contributed by atoms with van der Waals surface area (Å²) in [7, 11) is 0. The minimum absolute atomic E-state index is 0.147. The number of aromatic nitrogens is 4. The molecule has 9 heteroatoms. The van der Waals surface area contributed by atoms with Crippen LogP contribution in [0.5, 0.6) is 0 Å². The molecule has 0 aliphatic carbocycles. The van der Waals surface area contributed by atoms with Gasteiger partial charge in [-0.2, -0.15) is 0 Å². The number of hydrogen-bond acceptors (Lipinski definition) is 7. The van der Waals surface area contributed by atoms with Gasteiger partial charge in [-0.05, 0) is 23.6 Å². The molecule has 4 rings (SSSR count). The summed E-state index contributed by atoms with van der Waals surface area (Å²) in [5.74, 6) is 1.17. The maximum Gasteiger partial charge on any atom is 0.237 e. The second kappa shape index (κ2) is 9.07. The van der Waals surface area contributed by atoms with Crippen molar-refractivity contribution in [3.63, 3.8) is 0 Å². The van der Waals surface area contributed by atoms with E-state index in [4.69, 9.17) is 4.52 Å². The number of amides is 1. The number of thioether (sulfide) groups is 1. The first-order valence-electron chi connectivity index (χ1n) is 9.82. The quantitative estimate of drug-likeness (QED) is 0.399. The number of hydrogen-bond donors (Lipinski definition) is 1. The number of para-hydroxylation sites is 1. The van der Waals surface area contributed by atoms with Gasteiger partial charge >= 0.3 is 0 Å². The molecule has 7 nitrogen and oxygen atoms in total. The van der Waals surface area contributed by atoms with Crippen molar-refractivity contribution in [1.29, 1.82) is 0 Å². The lowest BCUT2D eigenvalue weighted by molar-refractivity contribution is -0.113. The molecule has 0 saturated heterocycles. The smallest absolute Gasteiger partial charge is 0.237 e. The van der Waals surface area contributed by atoms with Crippen LogP contribution < -0.4 is 5.32 Å². The van der Waals surface area contributed by atoms with Gasteiger partial charge < -0.3 is 4.52 Å². The van der Waals surface area contributed by atoms with Crippen molar-refractivity contribution < 1.29 is 9.32 Å². The van der Waals surface area contributed by atoms with Crippen molar-refractivity contribution in [1.82, 2.24) is 19.9 Å². The van der Waals surface area contributed by atoms with Crippen LogP contribution in [0, 0.1) is 0 Å². The molecule has 0 atom stereocenters. The van der Waals surface area contributed by atoms with Crippen molar-refractivity contribution >= 4 is 34.9 Å². The van der Waals surface area contributed by atoms with E-state index >= 15 is 0 Å². The Morgan fingerprint density at radius 2 is 1.97 bits per heavy atom. The van der Waals surface area contributed by atoms with Gasteiger partial charge in [0.15, 0.2) is 5.16 Å². The van der Waals surface area contributed by atoms with E-state index in [0.717, 1.165) is 17.2 Å². The van der Waals surface area contributed by atoms with Crippen LogP contribution in [0.15, 0.2) is 63.6 Å². The van der Waals surface area contributed by atoms with Crippen LogP contribution in [0.3, 0.4) is 0 Å². The number of carbonyl (C=O) groups is 1. The summed E-state index contributed by atoms with van der Waals surface area (Å²) in [6.45, 7) is 6.11. The van der Waals surface area contributed by atoms with E-state index in [9.17, 15) is 4.79 Å². The van der Waals surface area contributed by atoms with Crippen LogP contribution in [0.25, 0.3) is 5.69 Å². The Kier molecular flexibility index (Phi) is 6.24. The van der Waals surface area contributed by atoms with Crippen molar-refractivity contribution in [2.75, 3.05) is 11.1 Å². The van der Waals surface area contributed by atoms with E-state index in [-0.39, 0.29) is 17.1 Å². The molecule has 0 saturated carbocycles. The van der Waals surface area contributed by atoms with Crippen LogP contribution >= 0.6 is 23.1 Å². The highest BCUT2D eigenvalue weighted by Gasteiger charge is 2.20. The van der Waals surface area contributed by atoms with Gasteiger partial charge in [-0.15, -0.1) is 21.5 Å². The average Bonchev–Trinajstić information content (AvgIpc) is 3.48. The van der Waals surface area contributed by atoms with Gasteiger partial charge in [0, 0.05) is 28.5 Å². The van der Waals surface area contributed by atoms with Crippen LogP contribution in [-0.2, 0) is 16.6 Å². The lowest BCUT2D eigenvalue weighted by Gasteiger charge is -2.12. The van der Waals surface area contributed by atoms with E-state index in [1.807, 2.05) is 67.1 Å². The molecule has 1 N–H and O–H groups in total. The van der Waals surface area contributed by atoms with Gasteiger partial charge in [0.25, 0.3) is 0 Å². The van der Waals surface area contributed by atoms with Crippen molar-refractivity contribution in [2.24, 2.45) is 0 Å². The second-order valence-corrected chi connectivity index (χ2v) is 9.96. The molecule has 160 valence electrons. The Hall–Kier alpha value is -2.91. The first-order valence-corrected chi connectivity index (χ1v) is 11.7. The monoisotopic (exact) mass is 453 g/mol. The van der Waals surface area contributed by atoms with Crippen molar-refractivity contribution in [3.8, 4) is 5.69 Å². The molecule has 0 unspecified atom stereocenters. The molecule has 3 heterocycles. The Labute approximate surface area is 188 Å². The van der Waals surface area contributed by atoms with Gasteiger partial charge in [-0.25, -0.2) is 0 Å². The van der Waals surface area contributed by atoms with Gasteiger partial charge in [0.05, 0.1) is 11.4 Å². The molecule has 1 amide bonds. The molecule has 0 fully saturated rings. The molecule has 3 aromatic heterocycles. The maximum atomic E-state index is 12.5. The minimum atomic E-state index is -0.191. The zero-order chi connectivity index (χ0) is 21.8. The SMILES string of the molecule is CC(C)(C)c1cc(NC(=O)CSc2nnc(Cc3cccs3)n2-c2ccccc2)on1. The minimum Gasteiger partial charge on any atom is -0.338 e. The zero-order valence-corrected chi connectivity index (χ0v) is 19.2. The number of thiophene rings is 1. The lowest BCUT2D eigenvalue weighted by Crippen LogP contribution is -2.14. The maximum absolute atomic E-state index is 12.5. The summed E-state index contributed by atoms with van der Waals surface area (Å²) in [5.41, 5.74) is 1.61. The normalized spacial score (nSPS) is 11.6. The fraction of sp³-hybridized carbons (Fsp3) is 0.273. The highest BCUT2D eigenvalue weighted by Crippen LogP contribution is 2.26. The average molecular weight is 454 g/mol. The predicted molar refractivity (Wildman–Crippen MR) is 123 cm³/mol. The second-order valence-electron chi connectivity index (χ2n) is 7.99. The highest BCUT2D eigenvalue weighted by atomic mass is 32.2. The molecule has 0 aliphatic rings. The summed E-state index contributed by atoms with van der Waals surface area (Å²) in [6.07, 6.45) is 0.681. The summed E-state index contributed by atoms with van der Waals surface area (Å²) in [5, 5.41) is 18.3. The molecular weight excluding hydrogens is 430 g/mol. The highest BCUT2D eigenvalue weighted by molar-refractivity contribution is 7.99. The van der Waals surface area contributed by atoms with Gasteiger partial charge in [0.1, 0.15) is 5.82 Å². The van der Waals surface area contributed by atoms with E-state index in [1.54, 1.807) is 17.4 Å². The van der Waals surface area contributed by atoms with Crippen LogP contribution in [0.4, 0.5) is 5.88 Å². The van der Waals surface area contributed by atoms with Gasteiger partial charge in [0.2, 0.25) is 11.8 Å². The first kappa shape index (κ1) is 21.3. The number of nitrogens with one attached hydrogen (secondary N) is 1.